The van der Waals surface area contributed by atoms with Crippen LogP contribution in [0.1, 0.15) is 0 Å². The van der Waals surface area contributed by atoms with Gasteiger partial charge in [-0.25, -0.2) is 43.2 Å². The van der Waals surface area contributed by atoms with Gasteiger partial charge in [-0.05, 0) is 0 Å². The third-order valence-corrected chi connectivity index (χ3v) is 7.03. The highest BCUT2D eigenvalue weighted by Gasteiger charge is 2.87. The molecule has 0 spiro atoms. The van der Waals surface area contributed by atoms with Crippen LogP contribution in [0.15, 0.2) is 4.90 Å². The van der Waals surface area contributed by atoms with Crippen LogP contribution in [-0.2, 0) is 20.0 Å². The summed E-state index contributed by atoms with van der Waals surface area (Å²) in [5.41, 5.74) is 0. The third-order valence-electron chi connectivity index (χ3n) is 3.15. The molecule has 1 unspecified atom stereocenters. The highest BCUT2D eigenvalue weighted by molar-refractivity contribution is 8.05. The number of nitrogens with one attached hydrogen (secondary N) is 1. The molecular formula is C10HF14NO4S2. The summed E-state index contributed by atoms with van der Waals surface area (Å²) in [4.78, 5) is -3.33. The monoisotopic (exact) mass is 529 g/mol. The smallest absolute Gasteiger partial charge is 0.207 e. The molecule has 0 radical (unpaired) electrons. The van der Waals surface area contributed by atoms with E-state index in [1.807, 2.05) is 0 Å². The van der Waals surface area contributed by atoms with Gasteiger partial charge in [-0.3, -0.25) is 0 Å². The van der Waals surface area contributed by atoms with Gasteiger partial charge >= 0.3 is 23.3 Å². The van der Waals surface area contributed by atoms with Gasteiger partial charge in [0.1, 0.15) is 0 Å². The number of sulfonamides is 2. The lowest BCUT2D eigenvalue weighted by Gasteiger charge is -2.34. The minimum Gasteiger partial charge on any atom is -0.207 e. The molecule has 0 saturated heterocycles. The maximum atomic E-state index is 13.9. The first-order chi connectivity index (χ1) is 13.4. The summed E-state index contributed by atoms with van der Waals surface area (Å²) >= 11 is 0. The minimum atomic E-state index is -8.27. The molecule has 0 fully saturated rings. The van der Waals surface area contributed by atoms with E-state index in [9.17, 15) is 78.3 Å². The van der Waals surface area contributed by atoms with E-state index < -0.39 is 81.4 Å². The molecule has 0 aromatic heterocycles. The number of hydrogen-bond acceptors (Lipinski definition) is 4. The van der Waals surface area contributed by atoms with E-state index in [1.54, 1.807) is 0 Å². The zero-order chi connectivity index (χ0) is 25.2. The van der Waals surface area contributed by atoms with Crippen molar-refractivity contribution in [3.8, 4) is 0 Å². The summed E-state index contributed by atoms with van der Waals surface area (Å²) in [5.74, 6) is -24.3. The molecule has 1 atom stereocenters. The van der Waals surface area contributed by atoms with Crippen LogP contribution in [-0.4, -0.2) is 40.1 Å². The van der Waals surface area contributed by atoms with Gasteiger partial charge in [0.25, 0.3) is 20.0 Å². The highest BCUT2D eigenvalue weighted by atomic mass is 32.3. The fourth-order valence-corrected chi connectivity index (χ4v) is 5.10. The van der Waals surface area contributed by atoms with Crippen molar-refractivity contribution in [1.82, 2.24) is 4.13 Å². The second-order valence-corrected chi connectivity index (χ2v) is 8.81. The van der Waals surface area contributed by atoms with Crippen LogP contribution >= 0.6 is 0 Å². The highest BCUT2D eigenvalue weighted by Crippen LogP contribution is 2.55. The number of alkyl halides is 9. The van der Waals surface area contributed by atoms with Gasteiger partial charge in [0.05, 0.1) is 0 Å². The average molecular weight is 529 g/mol. The Morgan fingerprint density at radius 3 is 1.16 bits per heavy atom. The number of hydrogen-bond donors (Lipinski definition) is 1. The molecule has 5 nitrogen and oxygen atoms in total. The molecule has 180 valence electrons. The molecule has 0 bridgehead atoms. The van der Waals surface area contributed by atoms with Crippen LogP contribution in [0.5, 0.6) is 0 Å². The zero-order valence-electron chi connectivity index (χ0n) is 13.2. The second kappa shape index (κ2) is 7.32. The van der Waals surface area contributed by atoms with Gasteiger partial charge in [0, 0.05) is 0 Å². The SMILES string of the molecule is O=S(=O)(NS(=O)(=O)C(F)(C(F)(F)F)C(F)(F)C(F)(F)F)c1c(F)c(F)c(F)c(F)c1F. The van der Waals surface area contributed by atoms with E-state index in [4.69, 9.17) is 0 Å². The van der Waals surface area contributed by atoms with Crippen LogP contribution in [0.2, 0.25) is 0 Å². The predicted octanol–water partition coefficient (Wildman–Crippen LogP) is 3.42. The lowest BCUT2D eigenvalue weighted by atomic mass is 10.2. The van der Waals surface area contributed by atoms with E-state index in [0.29, 0.717) is 0 Å². The summed E-state index contributed by atoms with van der Waals surface area (Å²) in [6.45, 7) is 0. The number of rotatable bonds is 5. The Bertz CT molecular complexity index is 1080. The Labute approximate surface area is 160 Å². The summed E-state index contributed by atoms with van der Waals surface area (Å²) in [7, 11) is -15.4. The second-order valence-electron chi connectivity index (χ2n) is 5.15. The quantitative estimate of drug-likeness (QED) is 0.361. The first-order valence-electron chi connectivity index (χ1n) is 6.38. The van der Waals surface area contributed by atoms with Gasteiger partial charge in [-0.1, -0.05) is 0 Å². The largest absolute Gasteiger partial charge is 0.458 e. The maximum absolute atomic E-state index is 13.9. The lowest BCUT2D eigenvalue weighted by Crippen LogP contribution is -2.68. The van der Waals surface area contributed by atoms with E-state index in [-0.39, 0.29) is 0 Å². The summed E-state index contributed by atoms with van der Waals surface area (Å²) in [6, 6.07) is 0. The standard InChI is InChI=1S/C10HF14NO4S2/c11-1-2(12)4(14)6(5(15)3(1)13)30(26,27)25-31(28,29)8(18,10(22,23)24)7(16,17)9(19,20)21/h25H. The summed E-state index contributed by atoms with van der Waals surface area (Å²) in [6.07, 6.45) is -15.4. The van der Waals surface area contributed by atoms with Crippen LogP contribution in [0, 0.1) is 29.1 Å². The van der Waals surface area contributed by atoms with Crippen LogP contribution in [0.4, 0.5) is 61.5 Å². The molecule has 0 aliphatic heterocycles. The molecule has 0 saturated carbocycles. The van der Waals surface area contributed by atoms with Gasteiger partial charge in [-0.2, -0.15) is 35.1 Å². The van der Waals surface area contributed by atoms with Crippen molar-refractivity contribution in [2.75, 3.05) is 0 Å². The Hall–Kier alpha value is -1.90. The van der Waals surface area contributed by atoms with Crippen molar-refractivity contribution >= 4 is 20.0 Å². The lowest BCUT2D eigenvalue weighted by molar-refractivity contribution is -0.358. The van der Waals surface area contributed by atoms with Crippen LogP contribution in [0.25, 0.3) is 0 Å². The van der Waals surface area contributed by atoms with Crippen molar-refractivity contribution in [3.05, 3.63) is 29.1 Å². The molecule has 0 aliphatic carbocycles. The molecule has 0 amide bonds. The van der Waals surface area contributed by atoms with Crippen molar-refractivity contribution in [1.29, 1.82) is 0 Å². The first kappa shape index (κ1) is 27.1. The van der Waals surface area contributed by atoms with E-state index >= 15 is 0 Å². The van der Waals surface area contributed by atoms with Crippen LogP contribution < -0.4 is 4.13 Å². The first-order valence-corrected chi connectivity index (χ1v) is 9.35. The molecule has 21 heteroatoms. The van der Waals surface area contributed by atoms with Gasteiger partial charge in [0.15, 0.2) is 28.2 Å². The Morgan fingerprint density at radius 1 is 0.548 bits per heavy atom. The molecule has 1 rings (SSSR count). The fraction of sp³-hybridized carbons (Fsp3) is 0.400. The zero-order valence-corrected chi connectivity index (χ0v) is 14.9. The number of benzene rings is 1. The molecule has 1 N–H and O–H groups in total. The van der Waals surface area contributed by atoms with Crippen LogP contribution in [0.3, 0.4) is 0 Å². The van der Waals surface area contributed by atoms with Crippen molar-refractivity contribution in [2.24, 2.45) is 0 Å². The topological polar surface area (TPSA) is 80.3 Å². The van der Waals surface area contributed by atoms with E-state index in [0.717, 1.165) is 0 Å². The molecule has 1 aromatic rings. The Kier molecular flexibility index (Phi) is 6.41. The third kappa shape index (κ3) is 3.90. The van der Waals surface area contributed by atoms with Gasteiger partial charge in [0.2, 0.25) is 5.82 Å². The number of halogens is 14. The van der Waals surface area contributed by atoms with Gasteiger partial charge in [-0.15, -0.1) is 4.13 Å². The van der Waals surface area contributed by atoms with Crippen molar-refractivity contribution in [2.45, 2.75) is 28.2 Å². The molecule has 0 aliphatic rings. The van der Waals surface area contributed by atoms with Crippen molar-refractivity contribution < 1.29 is 78.3 Å². The predicted molar refractivity (Wildman–Crippen MR) is 66.4 cm³/mol. The molecule has 1 aromatic carbocycles. The molecule has 0 heterocycles. The normalized spacial score (nSPS) is 16.3. The molecular weight excluding hydrogens is 528 g/mol. The fourth-order valence-electron chi connectivity index (χ4n) is 1.75. The minimum absolute atomic E-state index is 0.837. The summed E-state index contributed by atoms with van der Waals surface area (Å²) in [5, 5.41) is -7.86. The van der Waals surface area contributed by atoms with Gasteiger partial charge < -0.3 is 0 Å². The Balaban J connectivity index is 3.89. The summed E-state index contributed by atoms with van der Waals surface area (Å²) < 4.78 is 226. The Morgan fingerprint density at radius 2 is 0.871 bits per heavy atom. The van der Waals surface area contributed by atoms with E-state index in [2.05, 4.69) is 0 Å². The van der Waals surface area contributed by atoms with Crippen molar-refractivity contribution in [3.63, 3.8) is 0 Å². The maximum Gasteiger partial charge on any atom is 0.458 e. The van der Waals surface area contributed by atoms with E-state index in [1.165, 1.54) is 0 Å². The molecule has 31 heavy (non-hydrogen) atoms. The average Bonchev–Trinajstić information content (AvgIpc) is 2.53.